The number of aromatic nitrogens is 1. The molecule has 1 unspecified atom stereocenters. The summed E-state index contributed by atoms with van der Waals surface area (Å²) in [7, 11) is 3.29. The molecule has 2 aromatic rings. The van der Waals surface area contributed by atoms with Gasteiger partial charge in [0.2, 0.25) is 0 Å². The third kappa shape index (κ3) is 6.73. The van der Waals surface area contributed by atoms with Gasteiger partial charge in [0.25, 0.3) is 17.4 Å². The first-order valence-electron chi connectivity index (χ1n) is 13.4. The zero-order valence-corrected chi connectivity index (χ0v) is 24.2. The van der Waals surface area contributed by atoms with Gasteiger partial charge in [-0.15, -0.1) is 0 Å². The van der Waals surface area contributed by atoms with Crippen LogP contribution in [-0.2, 0) is 10.4 Å². The maximum absolute atomic E-state index is 14.0. The number of rotatable bonds is 6. The average Bonchev–Trinajstić information content (AvgIpc) is 2.91. The van der Waals surface area contributed by atoms with Gasteiger partial charge in [-0.3, -0.25) is 9.59 Å². The highest BCUT2D eigenvalue weighted by Gasteiger charge is 2.62. The first-order valence-corrected chi connectivity index (χ1v) is 14.1. The number of carbonyl (C=O) groups is 2. The molecule has 3 heterocycles. The van der Waals surface area contributed by atoms with Gasteiger partial charge in [0.1, 0.15) is 16.8 Å². The van der Waals surface area contributed by atoms with E-state index in [-0.39, 0.29) is 35.1 Å². The molecule has 1 aromatic carbocycles. The van der Waals surface area contributed by atoms with Crippen molar-refractivity contribution in [3.05, 3.63) is 57.5 Å². The second-order valence-corrected chi connectivity index (χ2v) is 11.8. The Morgan fingerprint density at radius 1 is 1.00 bits per heavy atom. The normalized spacial score (nSPS) is 18.8. The van der Waals surface area contributed by atoms with E-state index in [1.165, 1.54) is 4.90 Å². The average molecular weight is 619 g/mol. The minimum absolute atomic E-state index is 0.0597. The number of aliphatic hydroxyl groups is 1. The fraction of sp³-hybridized carbons (Fsp3) is 0.536. The minimum atomic E-state index is -5.37. The van der Waals surface area contributed by atoms with E-state index >= 15 is 0 Å². The summed E-state index contributed by atoms with van der Waals surface area (Å²) in [5.74, 6) is -1.49. The lowest BCUT2D eigenvalue weighted by Crippen LogP contribution is -2.57. The van der Waals surface area contributed by atoms with Gasteiger partial charge >= 0.3 is 6.18 Å². The second kappa shape index (κ2) is 12.3. The highest BCUT2D eigenvalue weighted by Crippen LogP contribution is 2.42. The first kappa shape index (κ1) is 31.3. The van der Waals surface area contributed by atoms with E-state index in [0.717, 1.165) is 49.4 Å². The van der Waals surface area contributed by atoms with Gasteiger partial charge in [0.15, 0.2) is 0 Å². The van der Waals surface area contributed by atoms with E-state index in [0.29, 0.717) is 36.2 Å². The number of likely N-dealkylation sites (tertiary alicyclic amines) is 1. The lowest BCUT2D eigenvalue weighted by Gasteiger charge is -2.40. The maximum Gasteiger partial charge on any atom is 0.430 e. The van der Waals surface area contributed by atoms with Gasteiger partial charge in [-0.05, 0) is 74.3 Å². The van der Waals surface area contributed by atoms with E-state index in [1.54, 1.807) is 26.2 Å². The quantitative estimate of drug-likeness (QED) is 0.341. The van der Waals surface area contributed by atoms with Crippen LogP contribution in [0.3, 0.4) is 0 Å². The number of amides is 2. The molecule has 2 aliphatic rings. The smallest absolute Gasteiger partial charge is 0.368 e. The van der Waals surface area contributed by atoms with Gasteiger partial charge in [-0.25, -0.2) is 9.37 Å². The summed E-state index contributed by atoms with van der Waals surface area (Å²) in [6, 6.07) is 5.51. The third-order valence-electron chi connectivity index (χ3n) is 7.98. The molecular weight excluding hydrogens is 587 g/mol. The molecule has 1 aromatic heterocycles. The van der Waals surface area contributed by atoms with Crippen LogP contribution in [0.1, 0.15) is 48.0 Å². The fourth-order valence-corrected chi connectivity index (χ4v) is 6.09. The lowest BCUT2D eigenvalue weighted by atomic mass is 9.82. The van der Waals surface area contributed by atoms with E-state index in [9.17, 15) is 32.3 Å². The Balaban J connectivity index is 1.32. The van der Waals surface area contributed by atoms with Crippen LogP contribution in [-0.4, -0.2) is 78.2 Å². The zero-order valence-electron chi connectivity index (χ0n) is 22.7. The summed E-state index contributed by atoms with van der Waals surface area (Å²) < 4.78 is 55.9. The summed E-state index contributed by atoms with van der Waals surface area (Å²) >= 11 is 12.0. The number of benzene rings is 1. The van der Waals surface area contributed by atoms with Crippen molar-refractivity contribution in [1.29, 1.82) is 0 Å². The molecule has 224 valence electrons. The van der Waals surface area contributed by atoms with Gasteiger partial charge in [0, 0.05) is 50.9 Å². The molecule has 2 fully saturated rings. The van der Waals surface area contributed by atoms with Crippen molar-refractivity contribution < 1.29 is 32.3 Å². The van der Waals surface area contributed by atoms with E-state index < -0.39 is 29.1 Å². The van der Waals surface area contributed by atoms with Gasteiger partial charge in [-0.2, -0.15) is 13.2 Å². The van der Waals surface area contributed by atoms with Crippen LogP contribution in [0.2, 0.25) is 10.2 Å². The molecule has 0 saturated carbocycles. The Morgan fingerprint density at radius 2 is 1.59 bits per heavy atom. The van der Waals surface area contributed by atoms with Crippen LogP contribution in [0.4, 0.5) is 23.4 Å². The minimum Gasteiger partial charge on any atom is -0.368 e. The summed E-state index contributed by atoms with van der Waals surface area (Å²) in [6.07, 6.45) is -1.70. The van der Waals surface area contributed by atoms with Gasteiger partial charge < -0.3 is 19.8 Å². The monoisotopic (exact) mass is 618 g/mol. The lowest BCUT2D eigenvalue weighted by molar-refractivity contribution is -0.262. The number of pyridine rings is 1. The number of hydrogen-bond acceptors (Lipinski definition) is 5. The molecule has 4 rings (SSSR count). The Kier molecular flexibility index (Phi) is 9.40. The Hall–Kier alpha value is -2.63. The van der Waals surface area contributed by atoms with Crippen molar-refractivity contribution in [3.63, 3.8) is 0 Å². The number of hydrogen-bond donors (Lipinski definition) is 1. The van der Waals surface area contributed by atoms with Crippen molar-refractivity contribution in [1.82, 2.24) is 14.8 Å². The number of piperidine rings is 2. The summed E-state index contributed by atoms with van der Waals surface area (Å²) in [4.78, 5) is 34.2. The number of nitrogens with zero attached hydrogens (tertiary/aromatic N) is 4. The molecule has 13 heteroatoms. The van der Waals surface area contributed by atoms with Crippen molar-refractivity contribution in [2.45, 2.75) is 43.9 Å². The van der Waals surface area contributed by atoms with E-state index in [4.69, 9.17) is 23.2 Å². The van der Waals surface area contributed by atoms with E-state index in [2.05, 4.69) is 9.88 Å². The van der Waals surface area contributed by atoms with Crippen molar-refractivity contribution in [2.75, 3.05) is 45.2 Å². The SMILES string of the molecule is CN(C)C(=O)c1ccc(N2CCC(CC3CCN(C(=O)C(O)(c4cc(F)cc(Cl)c4)C(F)(F)F)CC3)CC2)nc1Cl. The largest absolute Gasteiger partial charge is 0.430 e. The molecule has 2 amide bonds. The molecule has 41 heavy (non-hydrogen) atoms. The molecule has 1 atom stereocenters. The Labute approximate surface area is 246 Å². The first-order chi connectivity index (χ1) is 19.2. The van der Waals surface area contributed by atoms with Crippen LogP contribution >= 0.6 is 23.2 Å². The molecule has 0 radical (unpaired) electrons. The zero-order chi connectivity index (χ0) is 30.1. The highest BCUT2D eigenvalue weighted by molar-refractivity contribution is 6.32. The van der Waals surface area contributed by atoms with Crippen molar-refractivity contribution >= 4 is 40.8 Å². The molecule has 2 saturated heterocycles. The predicted molar refractivity (Wildman–Crippen MR) is 147 cm³/mol. The number of anilines is 1. The van der Waals surface area contributed by atoms with Gasteiger partial charge in [0.05, 0.1) is 5.56 Å². The number of halogens is 6. The number of alkyl halides is 3. The number of carbonyl (C=O) groups excluding carboxylic acids is 2. The fourth-order valence-electron chi connectivity index (χ4n) is 5.64. The maximum atomic E-state index is 14.0. The Morgan fingerprint density at radius 3 is 2.10 bits per heavy atom. The topological polar surface area (TPSA) is 77.0 Å². The van der Waals surface area contributed by atoms with Crippen molar-refractivity contribution in [3.8, 4) is 0 Å². The summed E-state index contributed by atoms with van der Waals surface area (Å²) in [5, 5.41) is 10.4. The third-order valence-corrected chi connectivity index (χ3v) is 8.48. The molecule has 2 aliphatic heterocycles. The van der Waals surface area contributed by atoms with Crippen LogP contribution < -0.4 is 4.90 Å². The van der Waals surface area contributed by atoms with Crippen LogP contribution in [0.25, 0.3) is 0 Å². The standard InChI is InChI=1S/C28H32Cl2F4N4O3/c1-36(2)25(39)22-3-4-23(35-24(22)30)37-9-5-17(6-10-37)13-18-7-11-38(12-8-18)26(40)27(41,28(32,33)34)19-14-20(29)16-21(31)15-19/h3-4,14-18,41H,5-13H2,1-2H3. The molecule has 0 bridgehead atoms. The van der Waals surface area contributed by atoms with Crippen LogP contribution in [0, 0.1) is 17.7 Å². The van der Waals surface area contributed by atoms with Crippen LogP contribution in [0.15, 0.2) is 30.3 Å². The van der Waals surface area contributed by atoms with Crippen LogP contribution in [0.5, 0.6) is 0 Å². The second-order valence-electron chi connectivity index (χ2n) is 11.0. The molecule has 0 spiro atoms. The molecule has 0 aliphatic carbocycles. The van der Waals surface area contributed by atoms with Crippen molar-refractivity contribution in [2.24, 2.45) is 11.8 Å². The molecule has 1 N–H and O–H groups in total. The molecular formula is C28H32Cl2F4N4O3. The van der Waals surface area contributed by atoms with E-state index in [1.807, 2.05) is 0 Å². The molecule has 7 nitrogen and oxygen atoms in total. The van der Waals surface area contributed by atoms with Gasteiger partial charge in [-0.1, -0.05) is 23.2 Å². The summed E-state index contributed by atoms with van der Waals surface area (Å²) in [5.41, 5.74) is -4.50. The summed E-state index contributed by atoms with van der Waals surface area (Å²) in [6.45, 7) is 1.62. The predicted octanol–water partition coefficient (Wildman–Crippen LogP) is 5.52. The highest BCUT2D eigenvalue weighted by atomic mass is 35.5. The Bertz CT molecular complexity index is 1260.